The molecule has 0 saturated carbocycles. The number of anilines is 2. The van der Waals surface area contributed by atoms with E-state index < -0.39 is 0 Å². The fourth-order valence-corrected chi connectivity index (χ4v) is 5.09. The topological polar surface area (TPSA) is 101 Å². The Labute approximate surface area is 230 Å². The van der Waals surface area contributed by atoms with E-state index in [4.69, 9.17) is 25.2 Å². The molecule has 2 aliphatic heterocycles. The van der Waals surface area contributed by atoms with Crippen LogP contribution in [0.5, 0.6) is 17.4 Å². The lowest BCUT2D eigenvalue weighted by molar-refractivity contribution is 0.410. The van der Waals surface area contributed by atoms with Gasteiger partial charge in [-0.1, -0.05) is 6.92 Å². The van der Waals surface area contributed by atoms with Gasteiger partial charge < -0.3 is 30.3 Å². The Morgan fingerprint density at radius 2 is 1.85 bits per heavy atom. The predicted molar refractivity (Wildman–Crippen MR) is 157 cm³/mol. The van der Waals surface area contributed by atoms with E-state index in [9.17, 15) is 0 Å². The van der Waals surface area contributed by atoms with Crippen LogP contribution < -0.4 is 30.3 Å². The van der Waals surface area contributed by atoms with Gasteiger partial charge in [0.1, 0.15) is 17.3 Å². The second-order valence-electron chi connectivity index (χ2n) is 10.3. The van der Waals surface area contributed by atoms with Gasteiger partial charge >= 0.3 is 0 Å². The smallest absolute Gasteiger partial charge is 0.219 e. The highest BCUT2D eigenvalue weighted by molar-refractivity contribution is 5.99. The van der Waals surface area contributed by atoms with Crippen LogP contribution in [-0.2, 0) is 0 Å². The Morgan fingerprint density at radius 3 is 2.56 bits per heavy atom. The summed E-state index contributed by atoms with van der Waals surface area (Å²) in [4.78, 5) is 18.5. The van der Waals surface area contributed by atoms with Crippen molar-refractivity contribution in [1.82, 2.24) is 15.3 Å². The Balaban J connectivity index is 1.38. The van der Waals surface area contributed by atoms with E-state index in [2.05, 4.69) is 40.1 Å². The third-order valence-electron chi connectivity index (χ3n) is 7.48. The van der Waals surface area contributed by atoms with E-state index in [-0.39, 0.29) is 0 Å². The molecule has 1 atom stereocenters. The number of amidine groups is 1. The first-order valence-electron chi connectivity index (χ1n) is 13.3. The molecule has 1 saturated heterocycles. The van der Waals surface area contributed by atoms with Crippen molar-refractivity contribution in [3.8, 4) is 17.4 Å². The van der Waals surface area contributed by atoms with Crippen LogP contribution in [0, 0.1) is 13.8 Å². The highest BCUT2D eigenvalue weighted by atomic mass is 16.5. The maximum absolute atomic E-state index is 6.50. The predicted octanol–water partition coefficient (Wildman–Crippen LogP) is 4.80. The minimum absolute atomic E-state index is 0.310. The number of ether oxygens (including phenoxy) is 2. The normalized spacial score (nSPS) is 17.5. The summed E-state index contributed by atoms with van der Waals surface area (Å²) in [7, 11) is 3.71. The Morgan fingerprint density at radius 1 is 1.08 bits per heavy atom. The lowest BCUT2D eigenvalue weighted by atomic mass is 9.91. The van der Waals surface area contributed by atoms with Gasteiger partial charge in [-0.25, -0.2) is 15.0 Å². The molecule has 9 heteroatoms. The van der Waals surface area contributed by atoms with E-state index in [0.29, 0.717) is 23.3 Å². The number of piperazine rings is 1. The minimum Gasteiger partial charge on any atom is -0.493 e. The number of nitrogens with zero attached hydrogens (tertiary/aromatic N) is 5. The number of methoxy groups -OCH3 is 1. The molecule has 0 aliphatic carbocycles. The second-order valence-corrected chi connectivity index (χ2v) is 10.3. The zero-order valence-electron chi connectivity index (χ0n) is 23.6. The van der Waals surface area contributed by atoms with Gasteiger partial charge in [0.15, 0.2) is 11.6 Å². The molecule has 1 fully saturated rings. The highest BCUT2D eigenvalue weighted by Gasteiger charge is 2.22. The molecule has 5 rings (SSSR count). The summed E-state index contributed by atoms with van der Waals surface area (Å²) in [6.07, 6.45) is 4.02. The fourth-order valence-electron chi connectivity index (χ4n) is 5.09. The third-order valence-corrected chi connectivity index (χ3v) is 7.48. The molecular weight excluding hydrogens is 490 g/mol. The molecule has 3 aromatic rings. The summed E-state index contributed by atoms with van der Waals surface area (Å²) in [6.45, 7) is 11.8. The van der Waals surface area contributed by atoms with Crippen LogP contribution in [0.2, 0.25) is 0 Å². The maximum atomic E-state index is 6.50. The first kappa shape index (κ1) is 26.5. The van der Waals surface area contributed by atoms with Crippen molar-refractivity contribution in [2.24, 2.45) is 10.7 Å². The van der Waals surface area contributed by atoms with Gasteiger partial charge in [0.2, 0.25) is 5.88 Å². The van der Waals surface area contributed by atoms with Crippen molar-refractivity contribution in [3.63, 3.8) is 0 Å². The van der Waals surface area contributed by atoms with Crippen molar-refractivity contribution in [2.45, 2.75) is 33.6 Å². The number of pyridine rings is 2. The number of nitrogens with one attached hydrogen (secondary N) is 1. The fraction of sp³-hybridized carbons (Fsp3) is 0.367. The molecule has 0 bridgehead atoms. The van der Waals surface area contributed by atoms with Crippen LogP contribution in [0.15, 0.2) is 53.3 Å². The summed E-state index contributed by atoms with van der Waals surface area (Å²) in [6, 6.07) is 9.77. The molecule has 0 radical (unpaired) electrons. The number of aryl methyl sites for hydroxylation is 2. The zero-order chi connectivity index (χ0) is 27.7. The van der Waals surface area contributed by atoms with E-state index in [1.54, 1.807) is 7.11 Å². The molecule has 3 N–H and O–H groups in total. The summed E-state index contributed by atoms with van der Waals surface area (Å²) < 4.78 is 11.8. The average Bonchev–Trinajstić information content (AvgIpc) is 2.93. The van der Waals surface area contributed by atoms with Crippen LogP contribution in [0.25, 0.3) is 0 Å². The number of fused-ring (bicyclic) bond motifs is 1. The van der Waals surface area contributed by atoms with Crippen LogP contribution in [-0.4, -0.2) is 56.1 Å². The summed E-state index contributed by atoms with van der Waals surface area (Å²) in [5.41, 5.74) is 13.3. The number of rotatable bonds is 6. The van der Waals surface area contributed by atoms with Gasteiger partial charge in [0.05, 0.1) is 24.7 Å². The molecule has 204 valence electrons. The van der Waals surface area contributed by atoms with Crippen LogP contribution >= 0.6 is 0 Å². The first-order valence-corrected chi connectivity index (χ1v) is 13.3. The number of aliphatic imine (C=N–C) groups is 1. The number of hydrogen-bond donors (Lipinski definition) is 2. The lowest BCUT2D eigenvalue weighted by Crippen LogP contribution is -2.44. The molecule has 1 unspecified atom stereocenters. The van der Waals surface area contributed by atoms with Gasteiger partial charge in [-0.2, -0.15) is 0 Å². The lowest BCUT2D eigenvalue weighted by Gasteiger charge is -2.30. The van der Waals surface area contributed by atoms with E-state index >= 15 is 0 Å². The maximum Gasteiger partial charge on any atom is 0.219 e. The molecular formula is C30H37N7O2. The highest BCUT2D eigenvalue weighted by Crippen LogP contribution is 2.39. The number of hydrogen-bond acceptors (Lipinski definition) is 8. The van der Waals surface area contributed by atoms with Crippen molar-refractivity contribution in [1.29, 1.82) is 0 Å². The quantitative estimate of drug-likeness (QED) is 0.348. The number of benzene rings is 1. The van der Waals surface area contributed by atoms with Crippen LogP contribution in [0.4, 0.5) is 17.2 Å². The number of nitrogens with two attached hydrogens (primary N) is 1. The molecule has 0 spiro atoms. The Kier molecular flexibility index (Phi) is 7.43. The Bertz CT molecular complexity index is 1440. The SMILES string of the molecule is COc1cc(C)c(C(N)=Nc2ccc(Oc3cc4c(cn3)N(C)C=C(C)C4C)c(C)c2)nc1N1CCNCC1. The molecule has 2 aliphatic rings. The molecule has 2 aromatic heterocycles. The number of allylic oxidation sites excluding steroid dienone is 1. The van der Waals surface area contributed by atoms with E-state index in [1.165, 1.54) is 11.1 Å². The Hall–Kier alpha value is -4.11. The average molecular weight is 528 g/mol. The summed E-state index contributed by atoms with van der Waals surface area (Å²) in [5.74, 6) is 3.50. The van der Waals surface area contributed by atoms with Crippen molar-refractivity contribution in [3.05, 3.63) is 70.7 Å². The minimum atomic E-state index is 0.310. The molecule has 1 aromatic carbocycles. The largest absolute Gasteiger partial charge is 0.493 e. The van der Waals surface area contributed by atoms with Crippen molar-refractivity contribution in [2.75, 3.05) is 50.1 Å². The molecule has 4 heterocycles. The standard InChI is InChI=1S/C30H37N7O2/c1-18-13-22(7-8-25(18)39-27-15-23-21(4)20(3)17-36(5)24(23)16-33-27)34-29(31)28-19(2)14-26(38-6)30(35-28)37-11-9-32-10-12-37/h7-8,13-17,21,32H,9-12H2,1-6H3,(H2,31,34). The molecule has 9 nitrogen and oxygen atoms in total. The van der Waals surface area contributed by atoms with Gasteiger partial charge in [0.25, 0.3) is 0 Å². The van der Waals surface area contributed by atoms with Gasteiger partial charge in [-0.15, -0.1) is 0 Å². The number of aromatic nitrogens is 2. The van der Waals surface area contributed by atoms with Crippen molar-refractivity contribution >= 4 is 23.0 Å². The monoisotopic (exact) mass is 527 g/mol. The molecule has 0 amide bonds. The summed E-state index contributed by atoms with van der Waals surface area (Å²) in [5, 5.41) is 3.37. The van der Waals surface area contributed by atoms with Crippen LogP contribution in [0.1, 0.15) is 42.1 Å². The van der Waals surface area contributed by atoms with Gasteiger partial charge in [-0.05, 0) is 67.3 Å². The summed E-state index contributed by atoms with van der Waals surface area (Å²) >= 11 is 0. The van der Waals surface area contributed by atoms with Gasteiger partial charge in [0, 0.05) is 51.4 Å². The van der Waals surface area contributed by atoms with Gasteiger partial charge in [-0.3, -0.25) is 0 Å². The van der Waals surface area contributed by atoms with Crippen LogP contribution in [0.3, 0.4) is 0 Å². The molecule has 39 heavy (non-hydrogen) atoms. The third kappa shape index (κ3) is 5.40. The zero-order valence-corrected chi connectivity index (χ0v) is 23.6. The van der Waals surface area contributed by atoms with Crippen molar-refractivity contribution < 1.29 is 9.47 Å². The second kappa shape index (κ2) is 10.9. The first-order chi connectivity index (χ1) is 18.7. The van der Waals surface area contributed by atoms with E-state index in [1.807, 2.05) is 57.4 Å². The van der Waals surface area contributed by atoms with E-state index in [0.717, 1.165) is 66.0 Å².